The molecule has 0 radical (unpaired) electrons. The number of hydrogen-bond donors (Lipinski definition) is 1. The lowest BCUT2D eigenvalue weighted by molar-refractivity contribution is -0.938. The average molecular weight is 261 g/mol. The second kappa shape index (κ2) is 6.71. The van der Waals surface area contributed by atoms with Gasteiger partial charge in [-0.25, -0.2) is 0 Å². The monoisotopic (exact) mass is 261 g/mol. The van der Waals surface area contributed by atoms with Crippen LogP contribution in [0.15, 0.2) is 24.3 Å². The molecule has 104 valence electrons. The van der Waals surface area contributed by atoms with Gasteiger partial charge in [0.15, 0.2) is 0 Å². The first-order valence-corrected chi connectivity index (χ1v) is 7.36. The van der Waals surface area contributed by atoms with Crippen molar-refractivity contribution in [3.8, 4) is 0 Å². The van der Waals surface area contributed by atoms with Crippen molar-refractivity contribution in [3.05, 3.63) is 35.4 Å². The minimum absolute atomic E-state index is 0.351. The number of quaternary nitrogens is 1. The summed E-state index contributed by atoms with van der Waals surface area (Å²) in [5, 5.41) is 11.1. The third kappa shape index (κ3) is 3.57. The van der Waals surface area contributed by atoms with Gasteiger partial charge in [-0.3, -0.25) is 0 Å². The van der Waals surface area contributed by atoms with Crippen LogP contribution in [0.3, 0.4) is 0 Å². The van der Waals surface area contributed by atoms with Crippen molar-refractivity contribution in [2.45, 2.75) is 51.6 Å². The van der Waals surface area contributed by atoms with Crippen molar-refractivity contribution in [1.82, 2.24) is 0 Å². The van der Waals surface area contributed by atoms with Crippen molar-refractivity contribution in [2.24, 2.45) is 0 Å². The van der Waals surface area contributed by atoms with Crippen molar-refractivity contribution in [3.63, 3.8) is 0 Å². The van der Waals surface area contributed by atoms with Gasteiger partial charge in [0.05, 0.1) is 18.6 Å². The maximum absolute atomic E-state index is 11.1. The SMILES string of the molecule is CC[NH+](Cc1ccccc1C(=O)[O-])C1CCCCC1. The Hall–Kier alpha value is -1.35. The molecule has 1 unspecified atom stereocenters. The fraction of sp³-hybridized carbons (Fsp3) is 0.562. The molecule has 0 spiro atoms. The Bertz CT molecular complexity index is 425. The molecule has 1 aliphatic carbocycles. The van der Waals surface area contributed by atoms with Gasteiger partial charge in [0, 0.05) is 11.1 Å². The van der Waals surface area contributed by atoms with Gasteiger partial charge >= 0.3 is 0 Å². The van der Waals surface area contributed by atoms with Crippen LogP contribution >= 0.6 is 0 Å². The third-order valence-electron chi connectivity index (χ3n) is 4.29. The number of benzene rings is 1. The summed E-state index contributed by atoms with van der Waals surface area (Å²) < 4.78 is 0. The summed E-state index contributed by atoms with van der Waals surface area (Å²) >= 11 is 0. The molecule has 1 atom stereocenters. The number of rotatable bonds is 5. The quantitative estimate of drug-likeness (QED) is 0.851. The van der Waals surface area contributed by atoms with Crippen LogP contribution in [-0.2, 0) is 6.54 Å². The van der Waals surface area contributed by atoms with Gasteiger partial charge < -0.3 is 14.8 Å². The van der Waals surface area contributed by atoms with Crippen molar-refractivity contribution in [2.75, 3.05) is 6.54 Å². The highest BCUT2D eigenvalue weighted by Crippen LogP contribution is 2.16. The van der Waals surface area contributed by atoms with Gasteiger partial charge in [0.1, 0.15) is 6.54 Å². The normalized spacial score (nSPS) is 18.2. The van der Waals surface area contributed by atoms with Crippen LogP contribution in [0, 0.1) is 0 Å². The standard InChI is InChI=1S/C16H23NO2/c1-2-17(14-9-4-3-5-10-14)12-13-8-6-7-11-15(13)16(18)19/h6-8,11,14H,2-5,9-10,12H2,1H3,(H,18,19). The van der Waals surface area contributed by atoms with Crippen LogP contribution in [0.5, 0.6) is 0 Å². The maximum atomic E-state index is 11.1. The lowest BCUT2D eigenvalue weighted by Crippen LogP contribution is -3.14. The Morgan fingerprint density at radius 2 is 1.95 bits per heavy atom. The van der Waals surface area contributed by atoms with Crippen LogP contribution in [0.4, 0.5) is 0 Å². The van der Waals surface area contributed by atoms with E-state index in [1.165, 1.54) is 37.0 Å². The number of aromatic carboxylic acids is 1. The molecule has 0 aliphatic heterocycles. The van der Waals surface area contributed by atoms with E-state index in [-0.39, 0.29) is 0 Å². The summed E-state index contributed by atoms with van der Waals surface area (Å²) in [5.74, 6) is -1.06. The molecule has 2 rings (SSSR count). The molecule has 19 heavy (non-hydrogen) atoms. The molecule has 1 aromatic carbocycles. The predicted octanol–water partition coefficient (Wildman–Crippen LogP) is 0.788. The Labute approximate surface area is 115 Å². The molecule has 0 amide bonds. The molecule has 1 N–H and O–H groups in total. The van der Waals surface area contributed by atoms with Gasteiger partial charge in [-0.05, 0) is 32.6 Å². The van der Waals surface area contributed by atoms with E-state index >= 15 is 0 Å². The van der Waals surface area contributed by atoms with Crippen LogP contribution in [0.2, 0.25) is 0 Å². The molecule has 1 saturated carbocycles. The molecular formula is C16H23NO2. The molecule has 3 heteroatoms. The minimum atomic E-state index is -1.06. The van der Waals surface area contributed by atoms with E-state index in [2.05, 4.69) is 6.92 Å². The van der Waals surface area contributed by atoms with Crippen LogP contribution in [0.25, 0.3) is 0 Å². The van der Waals surface area contributed by atoms with E-state index in [0.717, 1.165) is 18.7 Å². The van der Waals surface area contributed by atoms with Crippen LogP contribution in [-0.4, -0.2) is 18.6 Å². The van der Waals surface area contributed by atoms with E-state index in [9.17, 15) is 9.90 Å². The Balaban J connectivity index is 2.11. The van der Waals surface area contributed by atoms with Gasteiger partial charge in [0.25, 0.3) is 0 Å². The predicted molar refractivity (Wildman–Crippen MR) is 72.9 cm³/mol. The highest BCUT2D eigenvalue weighted by Gasteiger charge is 2.24. The first kappa shape index (κ1) is 14.1. The summed E-state index contributed by atoms with van der Waals surface area (Å²) in [6, 6.07) is 7.94. The van der Waals surface area contributed by atoms with Gasteiger partial charge in [-0.1, -0.05) is 30.7 Å². The number of carbonyl (C=O) groups is 1. The van der Waals surface area contributed by atoms with Gasteiger partial charge in [0.2, 0.25) is 0 Å². The molecule has 0 aromatic heterocycles. The molecule has 1 aromatic rings. The number of carbonyl (C=O) groups excluding carboxylic acids is 1. The Morgan fingerprint density at radius 1 is 1.26 bits per heavy atom. The van der Waals surface area contributed by atoms with Crippen LogP contribution < -0.4 is 10.0 Å². The van der Waals surface area contributed by atoms with Gasteiger partial charge in [-0.15, -0.1) is 0 Å². The third-order valence-corrected chi connectivity index (χ3v) is 4.29. The van der Waals surface area contributed by atoms with E-state index in [0.29, 0.717) is 11.6 Å². The zero-order valence-corrected chi connectivity index (χ0v) is 11.7. The molecular weight excluding hydrogens is 238 g/mol. The topological polar surface area (TPSA) is 44.6 Å². The number of nitrogens with one attached hydrogen (secondary N) is 1. The van der Waals surface area contributed by atoms with Crippen molar-refractivity contribution < 1.29 is 14.8 Å². The first-order chi connectivity index (χ1) is 9.22. The smallest absolute Gasteiger partial charge is 0.104 e. The summed E-state index contributed by atoms with van der Waals surface area (Å²) in [4.78, 5) is 12.7. The number of carboxylic acids is 1. The lowest BCUT2D eigenvalue weighted by Gasteiger charge is -2.31. The van der Waals surface area contributed by atoms with Crippen LogP contribution in [0.1, 0.15) is 54.9 Å². The molecule has 3 nitrogen and oxygen atoms in total. The zero-order chi connectivity index (χ0) is 13.7. The van der Waals surface area contributed by atoms with E-state index in [1.807, 2.05) is 12.1 Å². The number of carboxylic acid groups (broad SMARTS) is 1. The Kier molecular flexibility index (Phi) is 4.97. The molecule has 0 saturated heterocycles. The highest BCUT2D eigenvalue weighted by molar-refractivity contribution is 5.87. The maximum Gasteiger partial charge on any atom is 0.104 e. The zero-order valence-electron chi connectivity index (χ0n) is 11.7. The van der Waals surface area contributed by atoms with E-state index in [4.69, 9.17) is 0 Å². The minimum Gasteiger partial charge on any atom is -0.545 e. The molecule has 0 heterocycles. The largest absolute Gasteiger partial charge is 0.545 e. The average Bonchev–Trinajstić information content (AvgIpc) is 2.46. The highest BCUT2D eigenvalue weighted by atomic mass is 16.4. The summed E-state index contributed by atoms with van der Waals surface area (Å²) in [6.07, 6.45) is 6.53. The first-order valence-electron chi connectivity index (χ1n) is 7.36. The summed E-state index contributed by atoms with van der Waals surface area (Å²) in [7, 11) is 0. The lowest BCUT2D eigenvalue weighted by atomic mass is 9.93. The van der Waals surface area contributed by atoms with E-state index in [1.54, 1.807) is 12.1 Å². The fourth-order valence-corrected chi connectivity index (χ4v) is 3.19. The molecule has 1 fully saturated rings. The van der Waals surface area contributed by atoms with Crippen molar-refractivity contribution in [1.29, 1.82) is 0 Å². The Morgan fingerprint density at radius 3 is 2.58 bits per heavy atom. The van der Waals surface area contributed by atoms with E-state index < -0.39 is 5.97 Å². The molecule has 0 bridgehead atoms. The second-order valence-electron chi connectivity index (χ2n) is 5.47. The fourth-order valence-electron chi connectivity index (χ4n) is 3.19. The molecule has 1 aliphatic rings. The summed E-state index contributed by atoms with van der Waals surface area (Å²) in [5.41, 5.74) is 1.26. The second-order valence-corrected chi connectivity index (χ2v) is 5.47. The van der Waals surface area contributed by atoms with Gasteiger partial charge in [-0.2, -0.15) is 0 Å². The number of hydrogen-bond acceptors (Lipinski definition) is 2. The summed E-state index contributed by atoms with van der Waals surface area (Å²) in [6.45, 7) is 4.03. The van der Waals surface area contributed by atoms with Crippen molar-refractivity contribution >= 4 is 5.97 Å².